The number of amides is 3. The first-order chi connectivity index (χ1) is 16.8. The summed E-state index contributed by atoms with van der Waals surface area (Å²) in [5.74, 6) is -1.79. The fourth-order valence-corrected chi connectivity index (χ4v) is 4.84. The predicted molar refractivity (Wildman–Crippen MR) is 137 cm³/mol. The van der Waals surface area contributed by atoms with Crippen molar-refractivity contribution in [1.29, 1.82) is 0 Å². The standard InChI is InChI=1S/C27H17BrClFN2O3/c28-23-12-11-22-24-20(23)5-2-6-21(24)26(34)32(27(22)35)14-13-31(19-4-1-3-18(30)15-19)25(33)16-7-9-17(29)10-8-16/h1-12,15H,13-14H2. The Balaban J connectivity index is 1.48. The zero-order valence-corrected chi connectivity index (χ0v) is 20.5. The number of anilines is 1. The molecule has 3 amide bonds. The van der Waals surface area contributed by atoms with E-state index in [1.54, 1.807) is 54.6 Å². The topological polar surface area (TPSA) is 57.7 Å². The minimum Gasteiger partial charge on any atom is -0.306 e. The minimum atomic E-state index is -0.507. The van der Waals surface area contributed by atoms with Crippen molar-refractivity contribution in [2.75, 3.05) is 18.0 Å². The quantitative estimate of drug-likeness (QED) is 0.272. The number of carbonyl (C=O) groups is 3. The molecule has 1 heterocycles. The number of imide groups is 1. The molecule has 0 fully saturated rings. The maximum absolute atomic E-state index is 14.0. The Morgan fingerprint density at radius 3 is 2.31 bits per heavy atom. The minimum absolute atomic E-state index is 0.0236. The van der Waals surface area contributed by atoms with Gasteiger partial charge in [-0.15, -0.1) is 0 Å². The van der Waals surface area contributed by atoms with Gasteiger partial charge < -0.3 is 4.90 Å². The van der Waals surface area contributed by atoms with Crippen LogP contribution >= 0.6 is 27.5 Å². The molecule has 0 aliphatic carbocycles. The van der Waals surface area contributed by atoms with Crippen LogP contribution in [-0.2, 0) is 0 Å². The van der Waals surface area contributed by atoms with Crippen LogP contribution in [0.25, 0.3) is 10.8 Å². The number of nitrogens with zero attached hydrogens (tertiary/aromatic N) is 2. The summed E-state index contributed by atoms with van der Waals surface area (Å²) in [5.41, 5.74) is 1.49. The van der Waals surface area contributed by atoms with Gasteiger partial charge in [0.1, 0.15) is 5.82 Å². The van der Waals surface area contributed by atoms with Crippen molar-refractivity contribution < 1.29 is 18.8 Å². The van der Waals surface area contributed by atoms with Gasteiger partial charge in [-0.2, -0.15) is 0 Å². The van der Waals surface area contributed by atoms with E-state index in [0.29, 0.717) is 32.8 Å². The molecule has 0 N–H and O–H groups in total. The molecule has 5 nitrogen and oxygen atoms in total. The van der Waals surface area contributed by atoms with Crippen LogP contribution in [0.15, 0.2) is 83.3 Å². The van der Waals surface area contributed by atoms with E-state index in [0.717, 1.165) is 14.8 Å². The Labute approximate surface area is 213 Å². The summed E-state index contributed by atoms with van der Waals surface area (Å²) in [4.78, 5) is 42.5. The third-order valence-corrected chi connectivity index (χ3v) is 6.89. The van der Waals surface area contributed by atoms with Gasteiger partial charge in [0.05, 0.1) is 0 Å². The van der Waals surface area contributed by atoms with E-state index in [2.05, 4.69) is 15.9 Å². The fraction of sp³-hybridized carbons (Fsp3) is 0.0741. The zero-order valence-electron chi connectivity index (χ0n) is 18.2. The summed E-state index contributed by atoms with van der Waals surface area (Å²) in [6.07, 6.45) is 0. The van der Waals surface area contributed by atoms with Crippen molar-refractivity contribution in [3.63, 3.8) is 0 Å². The van der Waals surface area contributed by atoms with Crippen molar-refractivity contribution in [2.45, 2.75) is 0 Å². The predicted octanol–water partition coefficient (Wildman–Crippen LogP) is 6.34. The Bertz CT molecular complexity index is 1480. The number of benzene rings is 4. The highest BCUT2D eigenvalue weighted by atomic mass is 79.9. The third kappa shape index (κ3) is 4.22. The molecule has 8 heteroatoms. The van der Waals surface area contributed by atoms with Gasteiger partial charge in [0, 0.05) is 50.3 Å². The van der Waals surface area contributed by atoms with Gasteiger partial charge in [0.2, 0.25) is 0 Å². The van der Waals surface area contributed by atoms with Crippen molar-refractivity contribution in [3.8, 4) is 0 Å². The maximum Gasteiger partial charge on any atom is 0.261 e. The second-order valence-electron chi connectivity index (χ2n) is 8.03. The first-order valence-electron chi connectivity index (χ1n) is 10.8. The molecule has 0 saturated heterocycles. The van der Waals surface area contributed by atoms with Crippen molar-refractivity contribution >= 4 is 61.7 Å². The van der Waals surface area contributed by atoms with Crippen molar-refractivity contribution in [3.05, 3.63) is 111 Å². The molecule has 5 rings (SSSR count). The summed E-state index contributed by atoms with van der Waals surface area (Å²) in [6.45, 7) is -0.0936. The van der Waals surface area contributed by atoms with Crippen molar-refractivity contribution in [1.82, 2.24) is 4.90 Å². The van der Waals surface area contributed by atoms with Crippen LogP contribution in [0.5, 0.6) is 0 Å². The van der Waals surface area contributed by atoms with Gasteiger partial charge in [0.25, 0.3) is 17.7 Å². The van der Waals surface area contributed by atoms with Crippen LogP contribution in [0, 0.1) is 5.82 Å². The average molecular weight is 552 g/mol. The molecule has 35 heavy (non-hydrogen) atoms. The molecule has 0 aromatic heterocycles. The molecule has 1 aliphatic heterocycles. The normalized spacial score (nSPS) is 12.8. The molecule has 0 bridgehead atoms. The Kier molecular flexibility index (Phi) is 6.13. The number of rotatable bonds is 5. The lowest BCUT2D eigenvalue weighted by Crippen LogP contribution is -2.46. The summed E-state index contributed by atoms with van der Waals surface area (Å²) in [7, 11) is 0. The van der Waals surface area contributed by atoms with Gasteiger partial charge in [-0.25, -0.2) is 4.39 Å². The lowest BCUT2D eigenvalue weighted by molar-refractivity contribution is 0.0611. The Morgan fingerprint density at radius 1 is 0.914 bits per heavy atom. The lowest BCUT2D eigenvalue weighted by Gasteiger charge is -2.30. The van der Waals surface area contributed by atoms with Gasteiger partial charge in [-0.05, 0) is 66.0 Å². The molecule has 0 saturated carbocycles. The number of halogens is 3. The fourth-order valence-electron chi connectivity index (χ4n) is 4.25. The highest BCUT2D eigenvalue weighted by Gasteiger charge is 2.33. The van der Waals surface area contributed by atoms with Gasteiger partial charge >= 0.3 is 0 Å². The largest absolute Gasteiger partial charge is 0.306 e. The smallest absolute Gasteiger partial charge is 0.261 e. The summed E-state index contributed by atoms with van der Waals surface area (Å²) < 4.78 is 14.8. The van der Waals surface area contributed by atoms with Crippen LogP contribution in [0.4, 0.5) is 10.1 Å². The van der Waals surface area contributed by atoms with E-state index < -0.39 is 23.5 Å². The molecule has 0 spiro atoms. The third-order valence-electron chi connectivity index (χ3n) is 5.94. The van der Waals surface area contributed by atoms with E-state index in [9.17, 15) is 18.8 Å². The molecule has 0 radical (unpaired) electrons. The van der Waals surface area contributed by atoms with Gasteiger partial charge in [0.15, 0.2) is 0 Å². The van der Waals surface area contributed by atoms with Crippen LogP contribution in [0.1, 0.15) is 31.1 Å². The maximum atomic E-state index is 14.0. The number of hydrogen-bond acceptors (Lipinski definition) is 3. The van der Waals surface area contributed by atoms with Crippen LogP contribution in [-0.4, -0.2) is 35.7 Å². The summed E-state index contributed by atoms with van der Waals surface area (Å²) >= 11 is 9.43. The molecule has 4 aromatic rings. The second-order valence-corrected chi connectivity index (χ2v) is 9.32. The van der Waals surface area contributed by atoms with E-state index in [-0.39, 0.29) is 13.1 Å². The molecular weight excluding hydrogens is 535 g/mol. The average Bonchev–Trinajstić information content (AvgIpc) is 2.85. The van der Waals surface area contributed by atoms with E-state index in [4.69, 9.17) is 11.6 Å². The van der Waals surface area contributed by atoms with E-state index in [1.165, 1.54) is 23.1 Å². The number of carbonyl (C=O) groups excluding carboxylic acids is 3. The lowest BCUT2D eigenvalue weighted by atomic mass is 9.94. The Hall–Kier alpha value is -3.55. The van der Waals surface area contributed by atoms with Crippen LogP contribution in [0.3, 0.4) is 0 Å². The molecule has 1 aliphatic rings. The van der Waals surface area contributed by atoms with Crippen molar-refractivity contribution in [2.24, 2.45) is 0 Å². The number of hydrogen-bond donors (Lipinski definition) is 0. The SMILES string of the molecule is O=C1c2cccc3c(Br)ccc(c23)C(=O)N1CCN(C(=O)c1ccc(Cl)cc1)c1cccc(F)c1. The first kappa shape index (κ1) is 23.2. The monoisotopic (exact) mass is 550 g/mol. The summed E-state index contributed by atoms with van der Waals surface area (Å²) in [6, 6.07) is 20.7. The van der Waals surface area contributed by atoms with E-state index >= 15 is 0 Å². The molecule has 0 unspecified atom stereocenters. The van der Waals surface area contributed by atoms with E-state index in [1.807, 2.05) is 6.07 Å². The first-order valence-corrected chi connectivity index (χ1v) is 11.9. The molecule has 4 aromatic carbocycles. The second kappa shape index (κ2) is 9.24. The van der Waals surface area contributed by atoms with Crippen LogP contribution in [0.2, 0.25) is 5.02 Å². The highest BCUT2D eigenvalue weighted by molar-refractivity contribution is 9.10. The molecule has 174 valence electrons. The Morgan fingerprint density at radius 2 is 1.60 bits per heavy atom. The van der Waals surface area contributed by atoms with Crippen LogP contribution < -0.4 is 4.90 Å². The zero-order chi connectivity index (χ0) is 24.7. The molecular formula is C27H17BrClFN2O3. The van der Waals surface area contributed by atoms with Gasteiger partial charge in [-0.1, -0.05) is 45.7 Å². The highest BCUT2D eigenvalue weighted by Crippen LogP contribution is 2.34. The summed E-state index contributed by atoms with van der Waals surface area (Å²) in [5, 5.41) is 1.86. The molecule has 0 atom stereocenters. The van der Waals surface area contributed by atoms with Gasteiger partial charge in [-0.3, -0.25) is 19.3 Å².